The van der Waals surface area contributed by atoms with Gasteiger partial charge in [0.25, 0.3) is 11.6 Å². The van der Waals surface area contributed by atoms with E-state index in [-0.39, 0.29) is 22.9 Å². The Labute approximate surface area is 115 Å². The highest BCUT2D eigenvalue weighted by molar-refractivity contribution is 5.95. The van der Waals surface area contributed by atoms with Gasteiger partial charge in [-0.1, -0.05) is 0 Å². The predicted molar refractivity (Wildman–Crippen MR) is 69.1 cm³/mol. The SMILES string of the molecule is Cc1cc([N+](=O)[O-])cc(C(=O)NC2CCOCC2)c1F. The number of hydrogen-bond donors (Lipinski definition) is 1. The van der Waals surface area contributed by atoms with Crippen molar-refractivity contribution in [3.63, 3.8) is 0 Å². The van der Waals surface area contributed by atoms with E-state index in [0.29, 0.717) is 26.1 Å². The van der Waals surface area contributed by atoms with Crippen molar-refractivity contribution in [1.82, 2.24) is 5.32 Å². The van der Waals surface area contributed by atoms with Crippen LogP contribution < -0.4 is 5.32 Å². The molecule has 0 spiro atoms. The number of rotatable bonds is 3. The average Bonchev–Trinajstić information content (AvgIpc) is 2.42. The van der Waals surface area contributed by atoms with Crippen molar-refractivity contribution >= 4 is 11.6 Å². The minimum atomic E-state index is -0.722. The maximum Gasteiger partial charge on any atom is 0.270 e. The zero-order valence-corrected chi connectivity index (χ0v) is 11.0. The van der Waals surface area contributed by atoms with E-state index in [4.69, 9.17) is 4.74 Å². The number of nitrogens with one attached hydrogen (secondary N) is 1. The Morgan fingerprint density at radius 1 is 1.45 bits per heavy atom. The topological polar surface area (TPSA) is 81.5 Å². The number of nitro groups is 1. The Balaban J connectivity index is 2.21. The van der Waals surface area contributed by atoms with Crippen LogP contribution in [-0.2, 0) is 4.74 Å². The van der Waals surface area contributed by atoms with E-state index in [9.17, 15) is 19.3 Å². The van der Waals surface area contributed by atoms with Crippen molar-refractivity contribution in [2.24, 2.45) is 0 Å². The van der Waals surface area contributed by atoms with E-state index < -0.39 is 16.6 Å². The summed E-state index contributed by atoms with van der Waals surface area (Å²) in [5, 5.41) is 13.5. The highest BCUT2D eigenvalue weighted by Gasteiger charge is 2.22. The second-order valence-electron chi connectivity index (χ2n) is 4.74. The third-order valence-electron chi connectivity index (χ3n) is 3.25. The molecule has 0 saturated carbocycles. The van der Waals surface area contributed by atoms with Crippen LogP contribution in [0.15, 0.2) is 12.1 Å². The van der Waals surface area contributed by atoms with E-state index in [1.807, 2.05) is 0 Å². The number of nitrogens with zero attached hydrogens (tertiary/aromatic N) is 1. The first-order valence-electron chi connectivity index (χ1n) is 6.32. The van der Waals surface area contributed by atoms with Crippen molar-refractivity contribution in [3.05, 3.63) is 39.2 Å². The van der Waals surface area contributed by atoms with Crippen LogP contribution in [0.2, 0.25) is 0 Å². The number of halogens is 1. The molecular weight excluding hydrogens is 267 g/mol. The molecule has 1 aliphatic heterocycles. The molecule has 0 unspecified atom stereocenters. The molecule has 1 aromatic carbocycles. The third kappa shape index (κ3) is 3.11. The molecule has 1 aliphatic rings. The van der Waals surface area contributed by atoms with Crippen molar-refractivity contribution in [3.8, 4) is 0 Å². The van der Waals surface area contributed by atoms with Crippen molar-refractivity contribution in [2.45, 2.75) is 25.8 Å². The number of carbonyl (C=O) groups excluding carboxylic acids is 1. The first kappa shape index (κ1) is 14.4. The molecule has 0 radical (unpaired) electrons. The molecule has 0 bridgehead atoms. The maximum atomic E-state index is 13.9. The monoisotopic (exact) mass is 282 g/mol. The van der Waals surface area contributed by atoms with Crippen LogP contribution in [0.4, 0.5) is 10.1 Å². The number of amides is 1. The number of aryl methyl sites for hydroxylation is 1. The summed E-state index contributed by atoms with van der Waals surface area (Å²) in [6, 6.07) is 1.99. The number of benzene rings is 1. The van der Waals surface area contributed by atoms with Gasteiger partial charge in [0.1, 0.15) is 5.82 Å². The Bertz CT molecular complexity index is 541. The lowest BCUT2D eigenvalue weighted by Gasteiger charge is -2.23. The zero-order valence-electron chi connectivity index (χ0n) is 11.0. The Hall–Kier alpha value is -2.02. The summed E-state index contributed by atoms with van der Waals surface area (Å²) in [6.07, 6.45) is 1.31. The van der Waals surface area contributed by atoms with Gasteiger partial charge < -0.3 is 10.1 Å². The van der Waals surface area contributed by atoms with Crippen molar-refractivity contribution < 1.29 is 18.8 Å². The molecule has 2 rings (SSSR count). The second kappa shape index (κ2) is 5.96. The second-order valence-corrected chi connectivity index (χ2v) is 4.74. The molecular formula is C13H15FN2O4. The average molecular weight is 282 g/mol. The number of ether oxygens (including phenoxy) is 1. The summed E-state index contributed by atoms with van der Waals surface area (Å²) >= 11 is 0. The summed E-state index contributed by atoms with van der Waals surface area (Å²) in [5.41, 5.74) is -0.499. The smallest absolute Gasteiger partial charge is 0.270 e. The number of carbonyl (C=O) groups is 1. The molecule has 0 aromatic heterocycles. The molecule has 1 heterocycles. The molecule has 108 valence electrons. The first-order valence-corrected chi connectivity index (χ1v) is 6.32. The minimum Gasteiger partial charge on any atom is -0.381 e. The van der Waals surface area contributed by atoms with E-state index in [1.165, 1.54) is 6.92 Å². The van der Waals surface area contributed by atoms with E-state index in [0.717, 1.165) is 12.1 Å². The molecule has 1 amide bonds. The fraction of sp³-hybridized carbons (Fsp3) is 0.462. The molecule has 0 atom stereocenters. The fourth-order valence-electron chi connectivity index (χ4n) is 2.13. The lowest BCUT2D eigenvalue weighted by molar-refractivity contribution is -0.385. The summed E-state index contributed by atoms with van der Waals surface area (Å²) in [7, 11) is 0. The Morgan fingerprint density at radius 3 is 2.70 bits per heavy atom. The molecule has 1 aromatic rings. The third-order valence-corrected chi connectivity index (χ3v) is 3.25. The normalized spacial score (nSPS) is 15.9. The van der Waals surface area contributed by atoms with Gasteiger partial charge in [0.15, 0.2) is 0 Å². The maximum absolute atomic E-state index is 13.9. The van der Waals surface area contributed by atoms with Gasteiger partial charge in [-0.15, -0.1) is 0 Å². The van der Waals surface area contributed by atoms with Gasteiger partial charge >= 0.3 is 0 Å². The lowest BCUT2D eigenvalue weighted by atomic mass is 10.1. The molecule has 1 fully saturated rings. The van der Waals surface area contributed by atoms with Gasteiger partial charge in [-0.2, -0.15) is 0 Å². The molecule has 1 saturated heterocycles. The van der Waals surface area contributed by atoms with Crippen molar-refractivity contribution in [1.29, 1.82) is 0 Å². The van der Waals surface area contributed by atoms with Crippen LogP contribution in [0.3, 0.4) is 0 Å². The van der Waals surface area contributed by atoms with Gasteiger partial charge in [0.2, 0.25) is 0 Å². The summed E-state index contributed by atoms with van der Waals surface area (Å²) in [4.78, 5) is 22.2. The quantitative estimate of drug-likeness (QED) is 0.678. The van der Waals surface area contributed by atoms with E-state index >= 15 is 0 Å². The minimum absolute atomic E-state index is 0.0799. The van der Waals surface area contributed by atoms with Crippen LogP contribution in [0, 0.1) is 22.9 Å². The Kier molecular flexibility index (Phi) is 4.29. The standard InChI is InChI=1S/C13H15FN2O4/c1-8-6-10(16(18)19)7-11(12(8)14)13(17)15-9-2-4-20-5-3-9/h6-7,9H,2-5H2,1H3,(H,15,17). The largest absolute Gasteiger partial charge is 0.381 e. The van der Waals surface area contributed by atoms with Crippen LogP contribution in [0.5, 0.6) is 0 Å². The summed E-state index contributed by atoms with van der Waals surface area (Å²) in [5.74, 6) is -1.35. The molecule has 1 N–H and O–H groups in total. The predicted octanol–water partition coefficient (Wildman–Crippen LogP) is 1.95. The molecule has 20 heavy (non-hydrogen) atoms. The molecule has 0 aliphatic carbocycles. The van der Waals surface area contributed by atoms with Crippen LogP contribution >= 0.6 is 0 Å². The zero-order chi connectivity index (χ0) is 14.7. The summed E-state index contributed by atoms with van der Waals surface area (Å²) in [6.45, 7) is 2.48. The van der Waals surface area contributed by atoms with Gasteiger partial charge in [-0.3, -0.25) is 14.9 Å². The van der Waals surface area contributed by atoms with Gasteiger partial charge in [-0.25, -0.2) is 4.39 Å². The Morgan fingerprint density at radius 2 is 2.10 bits per heavy atom. The van der Waals surface area contributed by atoms with Crippen LogP contribution in [0.25, 0.3) is 0 Å². The highest BCUT2D eigenvalue weighted by atomic mass is 19.1. The number of nitro benzene ring substituents is 1. The number of hydrogen-bond acceptors (Lipinski definition) is 4. The van der Waals surface area contributed by atoms with E-state index in [1.54, 1.807) is 0 Å². The molecule has 6 nitrogen and oxygen atoms in total. The summed E-state index contributed by atoms with van der Waals surface area (Å²) < 4.78 is 19.1. The van der Waals surface area contributed by atoms with Crippen molar-refractivity contribution in [2.75, 3.05) is 13.2 Å². The van der Waals surface area contributed by atoms with Gasteiger partial charge in [-0.05, 0) is 25.3 Å². The van der Waals surface area contributed by atoms with Crippen LogP contribution in [0.1, 0.15) is 28.8 Å². The lowest BCUT2D eigenvalue weighted by Crippen LogP contribution is -2.39. The van der Waals surface area contributed by atoms with E-state index in [2.05, 4.69) is 5.32 Å². The molecule has 7 heteroatoms. The van der Waals surface area contributed by atoms with Crippen LogP contribution in [-0.4, -0.2) is 30.1 Å². The fourth-order valence-corrected chi connectivity index (χ4v) is 2.13. The number of non-ortho nitro benzene ring substituents is 1. The highest BCUT2D eigenvalue weighted by Crippen LogP contribution is 2.21. The van der Waals surface area contributed by atoms with Gasteiger partial charge in [0.05, 0.1) is 10.5 Å². The first-order chi connectivity index (χ1) is 9.49. The van der Waals surface area contributed by atoms with Gasteiger partial charge in [0, 0.05) is 31.4 Å².